The number of benzene rings is 1. The van der Waals surface area contributed by atoms with Crippen molar-refractivity contribution in [2.24, 2.45) is 4.99 Å². The van der Waals surface area contributed by atoms with E-state index >= 15 is 0 Å². The summed E-state index contributed by atoms with van der Waals surface area (Å²) in [5.74, 6) is 0. The van der Waals surface area contributed by atoms with Gasteiger partial charge in [0.05, 0.1) is 5.70 Å². The van der Waals surface area contributed by atoms with Crippen molar-refractivity contribution in [2.75, 3.05) is 0 Å². The number of hydrogen-bond donors (Lipinski definition) is 1. The Morgan fingerprint density at radius 3 is 2.24 bits per heavy atom. The molecular formula is C17H14Cl2N2. The molecule has 2 nitrogen and oxygen atoms in total. The molecule has 1 N–H and O–H groups in total. The molecule has 1 aliphatic heterocycles. The highest BCUT2D eigenvalue weighted by molar-refractivity contribution is 6.69. The Balaban J connectivity index is 2.31. The van der Waals surface area contributed by atoms with Gasteiger partial charge in [-0.2, -0.15) is 0 Å². The topological polar surface area (TPSA) is 28.1 Å². The minimum Gasteiger partial charge on any atom is -0.346 e. The lowest BCUT2D eigenvalue weighted by molar-refractivity contribution is 1.27. The van der Waals surface area contributed by atoms with E-state index in [9.17, 15) is 0 Å². The van der Waals surface area contributed by atoms with Crippen LogP contribution in [0, 0.1) is 13.8 Å². The molecule has 0 aliphatic carbocycles. The molecule has 2 aromatic rings. The smallest absolute Gasteiger partial charge is 0.129 e. The second-order valence-electron chi connectivity index (χ2n) is 5.01. The van der Waals surface area contributed by atoms with Crippen molar-refractivity contribution < 1.29 is 0 Å². The van der Waals surface area contributed by atoms with Crippen LogP contribution >= 0.6 is 23.2 Å². The molecule has 0 fully saturated rings. The average molecular weight is 317 g/mol. The van der Waals surface area contributed by atoms with Crippen LogP contribution in [0.3, 0.4) is 0 Å². The molecule has 1 aromatic heterocycles. The SMILES string of the molecule is Cc1cccc(C)c1/C(=C1\C=CC(Cl)=N1)c1ccc(Cl)[nH]1. The molecular weight excluding hydrogens is 303 g/mol. The summed E-state index contributed by atoms with van der Waals surface area (Å²) in [5, 5.41) is 1.10. The van der Waals surface area contributed by atoms with E-state index in [4.69, 9.17) is 23.2 Å². The van der Waals surface area contributed by atoms with Gasteiger partial charge in [0.2, 0.25) is 0 Å². The first kappa shape index (κ1) is 14.2. The van der Waals surface area contributed by atoms with E-state index in [1.54, 1.807) is 6.08 Å². The number of rotatable bonds is 2. The summed E-state index contributed by atoms with van der Waals surface area (Å²) in [4.78, 5) is 7.60. The Hall–Kier alpha value is -1.77. The van der Waals surface area contributed by atoms with Crippen LogP contribution in [0.1, 0.15) is 22.4 Å². The number of aryl methyl sites for hydroxylation is 2. The summed E-state index contributed by atoms with van der Waals surface area (Å²) in [7, 11) is 0. The van der Waals surface area contributed by atoms with Crippen molar-refractivity contribution in [1.29, 1.82) is 0 Å². The molecule has 21 heavy (non-hydrogen) atoms. The molecule has 0 bridgehead atoms. The number of aromatic nitrogens is 1. The van der Waals surface area contributed by atoms with Crippen molar-refractivity contribution in [3.8, 4) is 0 Å². The molecule has 1 aliphatic rings. The number of hydrogen-bond acceptors (Lipinski definition) is 1. The van der Waals surface area contributed by atoms with Crippen LogP contribution in [-0.2, 0) is 0 Å². The molecule has 1 aromatic carbocycles. The summed E-state index contributed by atoms with van der Waals surface area (Å²) >= 11 is 12.1. The molecule has 4 heteroatoms. The van der Waals surface area contributed by atoms with Gasteiger partial charge in [-0.05, 0) is 54.8 Å². The summed E-state index contributed by atoms with van der Waals surface area (Å²) in [6.07, 6.45) is 3.73. The second-order valence-corrected chi connectivity index (χ2v) is 5.81. The molecule has 0 saturated carbocycles. The number of allylic oxidation sites excluding steroid dienone is 2. The molecule has 0 amide bonds. The third-order valence-corrected chi connectivity index (χ3v) is 3.94. The highest BCUT2D eigenvalue weighted by Gasteiger charge is 2.18. The zero-order chi connectivity index (χ0) is 15.0. The van der Waals surface area contributed by atoms with Gasteiger partial charge in [-0.25, -0.2) is 4.99 Å². The number of H-pyrrole nitrogens is 1. The predicted molar refractivity (Wildman–Crippen MR) is 90.2 cm³/mol. The Labute approximate surface area is 133 Å². The Kier molecular flexibility index (Phi) is 3.75. The zero-order valence-electron chi connectivity index (χ0n) is 11.7. The first-order chi connectivity index (χ1) is 10.1. The minimum absolute atomic E-state index is 0.492. The first-order valence-corrected chi connectivity index (χ1v) is 7.40. The van der Waals surface area contributed by atoms with Crippen molar-refractivity contribution in [3.05, 3.63) is 75.7 Å². The highest BCUT2D eigenvalue weighted by atomic mass is 35.5. The molecule has 0 spiro atoms. The monoisotopic (exact) mass is 316 g/mol. The Bertz CT molecular complexity index is 775. The number of halogens is 2. The maximum atomic E-state index is 6.05. The van der Waals surface area contributed by atoms with Crippen LogP contribution in [0.2, 0.25) is 5.15 Å². The molecule has 0 radical (unpaired) electrons. The van der Waals surface area contributed by atoms with Crippen molar-refractivity contribution in [2.45, 2.75) is 13.8 Å². The van der Waals surface area contributed by atoms with Gasteiger partial charge in [0.1, 0.15) is 10.3 Å². The van der Waals surface area contributed by atoms with Gasteiger partial charge in [0, 0.05) is 11.3 Å². The lowest BCUT2D eigenvalue weighted by atomic mass is 9.92. The molecule has 0 saturated heterocycles. The highest BCUT2D eigenvalue weighted by Crippen LogP contribution is 2.34. The molecule has 2 heterocycles. The van der Waals surface area contributed by atoms with Crippen LogP contribution in [0.4, 0.5) is 0 Å². The van der Waals surface area contributed by atoms with Crippen molar-refractivity contribution >= 4 is 33.9 Å². The maximum Gasteiger partial charge on any atom is 0.129 e. The molecule has 0 atom stereocenters. The average Bonchev–Trinajstić information content (AvgIpc) is 3.03. The fourth-order valence-corrected chi connectivity index (χ4v) is 2.92. The van der Waals surface area contributed by atoms with Crippen LogP contribution in [0.25, 0.3) is 5.57 Å². The number of nitrogens with zero attached hydrogens (tertiary/aromatic N) is 1. The minimum atomic E-state index is 0.492. The largest absolute Gasteiger partial charge is 0.346 e. The third-order valence-electron chi connectivity index (χ3n) is 3.51. The quantitative estimate of drug-likeness (QED) is 0.783. The molecule has 106 valence electrons. The van der Waals surface area contributed by atoms with E-state index < -0.39 is 0 Å². The van der Waals surface area contributed by atoms with Crippen LogP contribution < -0.4 is 0 Å². The lowest BCUT2D eigenvalue weighted by Crippen LogP contribution is -1.98. The fraction of sp³-hybridized carbons (Fsp3) is 0.118. The summed E-state index contributed by atoms with van der Waals surface area (Å²) in [6, 6.07) is 10.1. The van der Waals surface area contributed by atoms with E-state index in [2.05, 4.69) is 42.0 Å². The van der Waals surface area contributed by atoms with Crippen molar-refractivity contribution in [1.82, 2.24) is 4.98 Å². The van der Waals surface area contributed by atoms with E-state index in [0.29, 0.717) is 10.3 Å². The fourth-order valence-electron chi connectivity index (χ4n) is 2.60. The van der Waals surface area contributed by atoms with Crippen LogP contribution in [0.15, 0.2) is 53.2 Å². The number of nitrogens with one attached hydrogen (secondary N) is 1. The first-order valence-electron chi connectivity index (χ1n) is 6.64. The predicted octanol–water partition coefficient (Wildman–Crippen LogP) is 5.25. The number of aromatic amines is 1. The third kappa shape index (κ3) is 2.69. The summed E-state index contributed by atoms with van der Waals surface area (Å²) < 4.78 is 0. The summed E-state index contributed by atoms with van der Waals surface area (Å²) in [5.41, 5.74) is 6.34. The van der Waals surface area contributed by atoms with Gasteiger partial charge in [0.15, 0.2) is 0 Å². The van der Waals surface area contributed by atoms with E-state index in [0.717, 1.165) is 22.5 Å². The van der Waals surface area contributed by atoms with Crippen LogP contribution in [-0.4, -0.2) is 10.2 Å². The lowest BCUT2D eigenvalue weighted by Gasteiger charge is -2.14. The number of aliphatic imine (C=N–C) groups is 1. The molecule has 0 unspecified atom stereocenters. The van der Waals surface area contributed by atoms with E-state index in [-0.39, 0.29) is 0 Å². The van der Waals surface area contributed by atoms with Gasteiger partial charge in [-0.15, -0.1) is 0 Å². The normalized spacial score (nSPS) is 16.3. The zero-order valence-corrected chi connectivity index (χ0v) is 13.3. The van der Waals surface area contributed by atoms with Gasteiger partial charge in [-0.1, -0.05) is 41.4 Å². The van der Waals surface area contributed by atoms with E-state index in [1.165, 1.54) is 11.1 Å². The molecule has 3 rings (SSSR count). The van der Waals surface area contributed by atoms with Gasteiger partial charge < -0.3 is 4.98 Å². The summed E-state index contributed by atoms with van der Waals surface area (Å²) in [6.45, 7) is 4.19. The Morgan fingerprint density at radius 2 is 1.71 bits per heavy atom. The van der Waals surface area contributed by atoms with E-state index in [1.807, 2.05) is 18.2 Å². The van der Waals surface area contributed by atoms with Gasteiger partial charge in [0.25, 0.3) is 0 Å². The van der Waals surface area contributed by atoms with Crippen molar-refractivity contribution in [3.63, 3.8) is 0 Å². The maximum absolute atomic E-state index is 6.05. The van der Waals surface area contributed by atoms with Crippen LogP contribution in [0.5, 0.6) is 0 Å². The standard InChI is InChI=1S/C17H14Cl2N2/c1-10-4-3-5-11(2)16(10)17(12-6-8-14(18)20-12)13-7-9-15(19)21-13/h3-9,20H,1-2H3/b17-13+. The second kappa shape index (κ2) is 5.55. The van der Waals surface area contributed by atoms with Gasteiger partial charge >= 0.3 is 0 Å². The Morgan fingerprint density at radius 1 is 1.00 bits per heavy atom. The van der Waals surface area contributed by atoms with Gasteiger partial charge in [-0.3, -0.25) is 0 Å².